The quantitative estimate of drug-likeness (QED) is 0.830. The zero-order chi connectivity index (χ0) is 10.8. The number of thiazole rings is 1. The van der Waals surface area contributed by atoms with Gasteiger partial charge in [0.15, 0.2) is 0 Å². The number of rotatable bonds is 3. The van der Waals surface area contributed by atoms with Crippen LogP contribution in [-0.4, -0.2) is 22.6 Å². The lowest BCUT2D eigenvalue weighted by Crippen LogP contribution is -2.25. The molecule has 0 radical (unpaired) electrons. The maximum atomic E-state index is 5.57. The van der Waals surface area contributed by atoms with Gasteiger partial charge in [0, 0.05) is 18.8 Å². The molecule has 1 atom stereocenters. The summed E-state index contributed by atoms with van der Waals surface area (Å²) in [7, 11) is 0. The number of pyridine rings is 1. The zero-order valence-corrected chi connectivity index (χ0v) is 9.64. The number of nitrogens with two attached hydrogens (primary N) is 1. The highest BCUT2D eigenvalue weighted by Crippen LogP contribution is 2.25. The molecule has 2 aromatic rings. The molecule has 2 rings (SSSR count). The predicted octanol–water partition coefficient (Wildman–Crippen LogP) is 1.76. The summed E-state index contributed by atoms with van der Waals surface area (Å²) in [5, 5.41) is 4.36. The summed E-state index contributed by atoms with van der Waals surface area (Å²) in [5.74, 6) is 0. The van der Waals surface area contributed by atoms with Gasteiger partial charge in [0.1, 0.15) is 10.3 Å². The summed E-state index contributed by atoms with van der Waals surface area (Å²) in [5.41, 5.74) is 7.53. The molecule has 2 aromatic heterocycles. The van der Waals surface area contributed by atoms with E-state index in [4.69, 9.17) is 5.73 Å². The second-order valence-electron chi connectivity index (χ2n) is 3.53. The van der Waals surface area contributed by atoms with E-state index in [0.717, 1.165) is 21.0 Å². The molecule has 0 saturated heterocycles. The first-order valence-corrected chi connectivity index (χ1v) is 5.71. The minimum Gasteiger partial charge on any atom is -0.379 e. The summed E-state index contributed by atoms with van der Waals surface area (Å²) in [6.45, 7) is 4.64. The molecule has 3 N–H and O–H groups in total. The molecule has 0 fully saturated rings. The summed E-state index contributed by atoms with van der Waals surface area (Å²) < 4.78 is 0. The van der Waals surface area contributed by atoms with E-state index in [2.05, 4.69) is 15.3 Å². The highest BCUT2D eigenvalue weighted by molar-refractivity contribution is 7.18. The average Bonchev–Trinajstić information content (AvgIpc) is 2.59. The van der Waals surface area contributed by atoms with Crippen LogP contribution in [0.2, 0.25) is 0 Å². The van der Waals surface area contributed by atoms with Gasteiger partial charge in [-0.05, 0) is 19.9 Å². The molecule has 80 valence electrons. The fraction of sp³-hybridized carbons (Fsp3) is 0.400. The number of hydrogen-bond acceptors (Lipinski definition) is 5. The van der Waals surface area contributed by atoms with Gasteiger partial charge in [-0.25, -0.2) is 9.97 Å². The Bertz CT molecular complexity index is 465. The van der Waals surface area contributed by atoms with E-state index >= 15 is 0 Å². The van der Waals surface area contributed by atoms with Gasteiger partial charge in [0.05, 0.1) is 10.7 Å². The molecule has 0 aliphatic rings. The molecule has 0 bridgehead atoms. The molecule has 0 saturated carbocycles. The van der Waals surface area contributed by atoms with Crippen molar-refractivity contribution in [3.05, 3.63) is 17.3 Å². The van der Waals surface area contributed by atoms with Gasteiger partial charge in [-0.1, -0.05) is 11.3 Å². The van der Waals surface area contributed by atoms with Crippen LogP contribution in [0.5, 0.6) is 0 Å². The molecule has 2 heterocycles. The van der Waals surface area contributed by atoms with E-state index in [0.29, 0.717) is 6.54 Å². The van der Waals surface area contributed by atoms with Crippen molar-refractivity contribution < 1.29 is 0 Å². The molecular weight excluding hydrogens is 208 g/mol. The van der Waals surface area contributed by atoms with Crippen molar-refractivity contribution >= 4 is 27.4 Å². The van der Waals surface area contributed by atoms with Crippen molar-refractivity contribution in [2.24, 2.45) is 5.73 Å². The number of aryl methyl sites for hydroxylation is 1. The summed E-state index contributed by atoms with van der Waals surface area (Å²) in [6, 6.07) is 2.19. The Kier molecular flexibility index (Phi) is 2.83. The Labute approximate surface area is 92.5 Å². The third-order valence-corrected chi connectivity index (χ3v) is 3.04. The van der Waals surface area contributed by atoms with Crippen LogP contribution in [0.3, 0.4) is 0 Å². The molecule has 0 aliphatic carbocycles. The van der Waals surface area contributed by atoms with Gasteiger partial charge in [-0.2, -0.15) is 0 Å². The standard InChI is InChI=1S/C10H14N4S/c1-6(5-11)13-8-3-4-12-10-9(8)14-7(2)15-10/h3-4,6H,5,11H2,1-2H3,(H,12,13). The van der Waals surface area contributed by atoms with Crippen molar-refractivity contribution in [1.29, 1.82) is 0 Å². The van der Waals surface area contributed by atoms with Crippen LogP contribution in [-0.2, 0) is 0 Å². The van der Waals surface area contributed by atoms with Gasteiger partial charge in [-0.15, -0.1) is 0 Å². The smallest absolute Gasteiger partial charge is 0.145 e. The third kappa shape index (κ3) is 2.08. The van der Waals surface area contributed by atoms with Gasteiger partial charge in [-0.3, -0.25) is 0 Å². The first-order valence-electron chi connectivity index (χ1n) is 4.89. The van der Waals surface area contributed by atoms with Crippen molar-refractivity contribution in [2.45, 2.75) is 19.9 Å². The van der Waals surface area contributed by atoms with Gasteiger partial charge in [0.2, 0.25) is 0 Å². The highest BCUT2D eigenvalue weighted by atomic mass is 32.1. The van der Waals surface area contributed by atoms with Crippen LogP contribution < -0.4 is 11.1 Å². The molecule has 15 heavy (non-hydrogen) atoms. The summed E-state index contributed by atoms with van der Waals surface area (Å²) >= 11 is 1.61. The molecule has 5 heteroatoms. The summed E-state index contributed by atoms with van der Waals surface area (Å²) in [4.78, 5) is 9.71. The number of fused-ring (bicyclic) bond motifs is 1. The second kappa shape index (κ2) is 4.12. The minimum absolute atomic E-state index is 0.248. The Hall–Kier alpha value is -1.20. The lowest BCUT2D eigenvalue weighted by Gasteiger charge is -2.12. The van der Waals surface area contributed by atoms with E-state index < -0.39 is 0 Å². The van der Waals surface area contributed by atoms with Crippen LogP contribution in [0.25, 0.3) is 10.3 Å². The van der Waals surface area contributed by atoms with Crippen LogP contribution >= 0.6 is 11.3 Å². The van der Waals surface area contributed by atoms with Crippen molar-refractivity contribution in [2.75, 3.05) is 11.9 Å². The fourth-order valence-electron chi connectivity index (χ4n) is 1.38. The number of anilines is 1. The topological polar surface area (TPSA) is 63.8 Å². The normalized spacial score (nSPS) is 13.0. The largest absolute Gasteiger partial charge is 0.379 e. The first-order chi connectivity index (χ1) is 7.20. The third-order valence-electron chi connectivity index (χ3n) is 2.16. The van der Waals surface area contributed by atoms with Crippen LogP contribution in [0, 0.1) is 6.92 Å². The molecule has 1 unspecified atom stereocenters. The zero-order valence-electron chi connectivity index (χ0n) is 8.82. The number of aromatic nitrogens is 2. The van der Waals surface area contributed by atoms with Crippen molar-refractivity contribution in [1.82, 2.24) is 9.97 Å². The maximum Gasteiger partial charge on any atom is 0.145 e. The summed E-state index contributed by atoms with van der Waals surface area (Å²) in [6.07, 6.45) is 1.80. The maximum absolute atomic E-state index is 5.57. The molecule has 0 amide bonds. The van der Waals surface area contributed by atoms with E-state index in [-0.39, 0.29) is 6.04 Å². The van der Waals surface area contributed by atoms with E-state index in [1.165, 1.54) is 0 Å². The van der Waals surface area contributed by atoms with Crippen LogP contribution in [0.4, 0.5) is 5.69 Å². The Morgan fingerprint density at radius 2 is 2.40 bits per heavy atom. The number of nitrogens with one attached hydrogen (secondary N) is 1. The fourth-order valence-corrected chi connectivity index (χ4v) is 2.16. The molecule has 0 spiro atoms. The van der Waals surface area contributed by atoms with Crippen molar-refractivity contribution in [3.8, 4) is 0 Å². The Morgan fingerprint density at radius 3 is 3.13 bits per heavy atom. The minimum atomic E-state index is 0.248. The second-order valence-corrected chi connectivity index (χ2v) is 4.71. The Morgan fingerprint density at radius 1 is 1.60 bits per heavy atom. The lowest BCUT2D eigenvalue weighted by molar-refractivity contribution is 0.805. The van der Waals surface area contributed by atoms with E-state index in [1.807, 2.05) is 19.9 Å². The molecule has 0 aliphatic heterocycles. The van der Waals surface area contributed by atoms with Gasteiger partial charge < -0.3 is 11.1 Å². The number of nitrogens with zero attached hydrogens (tertiary/aromatic N) is 2. The molecular formula is C10H14N4S. The SMILES string of the molecule is Cc1nc2c(NC(C)CN)ccnc2s1. The van der Waals surface area contributed by atoms with Crippen LogP contribution in [0.15, 0.2) is 12.3 Å². The Balaban J connectivity index is 2.41. The predicted molar refractivity (Wildman–Crippen MR) is 64.3 cm³/mol. The molecule has 0 aromatic carbocycles. The first kappa shape index (κ1) is 10.3. The lowest BCUT2D eigenvalue weighted by atomic mass is 10.3. The average molecular weight is 222 g/mol. The van der Waals surface area contributed by atoms with Crippen molar-refractivity contribution in [3.63, 3.8) is 0 Å². The number of hydrogen-bond donors (Lipinski definition) is 2. The monoisotopic (exact) mass is 222 g/mol. The molecule has 4 nitrogen and oxygen atoms in total. The highest BCUT2D eigenvalue weighted by Gasteiger charge is 2.08. The van der Waals surface area contributed by atoms with E-state index in [1.54, 1.807) is 17.5 Å². The van der Waals surface area contributed by atoms with Gasteiger partial charge >= 0.3 is 0 Å². The van der Waals surface area contributed by atoms with Gasteiger partial charge in [0.25, 0.3) is 0 Å². The van der Waals surface area contributed by atoms with Crippen LogP contribution in [0.1, 0.15) is 11.9 Å². The van der Waals surface area contributed by atoms with E-state index in [9.17, 15) is 0 Å².